The summed E-state index contributed by atoms with van der Waals surface area (Å²) in [5, 5.41) is 1.66. The van der Waals surface area contributed by atoms with E-state index in [-0.39, 0.29) is 6.10 Å². The van der Waals surface area contributed by atoms with Crippen molar-refractivity contribution in [2.24, 2.45) is 0 Å². The molecule has 2 aromatic rings. The van der Waals surface area contributed by atoms with Crippen LogP contribution in [0.4, 0.5) is 0 Å². The van der Waals surface area contributed by atoms with E-state index in [2.05, 4.69) is 0 Å². The number of halogens is 1. The van der Waals surface area contributed by atoms with Crippen LogP contribution in [0.5, 0.6) is 0 Å². The molecule has 1 aliphatic heterocycles. The second-order valence-corrected chi connectivity index (χ2v) is 7.20. The average molecular weight is 326 g/mol. The summed E-state index contributed by atoms with van der Waals surface area (Å²) >= 11 is 5.79. The first-order chi connectivity index (χ1) is 10.1. The van der Waals surface area contributed by atoms with Crippen molar-refractivity contribution in [3.05, 3.63) is 42.5 Å². The normalized spacial score (nSPS) is 20.7. The molecule has 1 fully saturated rings. The molecule has 6 heteroatoms. The predicted octanol–water partition coefficient (Wildman–Crippen LogP) is 2.47. The van der Waals surface area contributed by atoms with Gasteiger partial charge in [-0.1, -0.05) is 36.4 Å². The molecule has 1 unspecified atom stereocenters. The fourth-order valence-corrected chi connectivity index (χ4v) is 4.42. The number of sulfonamides is 1. The number of rotatable bonds is 3. The molecule has 4 nitrogen and oxygen atoms in total. The van der Waals surface area contributed by atoms with Gasteiger partial charge in [-0.3, -0.25) is 0 Å². The summed E-state index contributed by atoms with van der Waals surface area (Å²) in [6.45, 7) is 1.04. The van der Waals surface area contributed by atoms with E-state index in [9.17, 15) is 8.42 Å². The molecule has 3 rings (SSSR count). The minimum Gasteiger partial charge on any atom is -0.374 e. The number of hydrogen-bond acceptors (Lipinski definition) is 3. The lowest BCUT2D eigenvalue weighted by atomic mass is 10.1. The zero-order valence-electron chi connectivity index (χ0n) is 11.4. The third kappa shape index (κ3) is 2.79. The average Bonchev–Trinajstić information content (AvgIpc) is 2.54. The number of benzene rings is 2. The quantitative estimate of drug-likeness (QED) is 0.814. The molecule has 0 radical (unpaired) electrons. The second-order valence-electron chi connectivity index (χ2n) is 4.99. The zero-order valence-corrected chi connectivity index (χ0v) is 13.0. The third-order valence-corrected chi connectivity index (χ3v) is 5.91. The van der Waals surface area contributed by atoms with Crippen molar-refractivity contribution in [1.29, 1.82) is 0 Å². The highest BCUT2D eigenvalue weighted by atomic mass is 35.5. The SMILES string of the molecule is O=S(=O)(c1cccc2ccccc12)N1CCOC(CCl)C1. The van der Waals surface area contributed by atoms with Crippen molar-refractivity contribution < 1.29 is 13.2 Å². The van der Waals surface area contributed by atoms with Gasteiger partial charge in [0.15, 0.2) is 0 Å². The lowest BCUT2D eigenvalue weighted by molar-refractivity contribution is 0.0122. The standard InChI is InChI=1S/C15H16ClNO3S/c16-10-13-11-17(8-9-20-13)21(18,19)15-7-3-5-12-4-1-2-6-14(12)15/h1-7,13H,8-11H2. The smallest absolute Gasteiger partial charge is 0.243 e. The Morgan fingerprint density at radius 1 is 1.19 bits per heavy atom. The van der Waals surface area contributed by atoms with E-state index >= 15 is 0 Å². The van der Waals surface area contributed by atoms with Crippen molar-refractivity contribution in [2.45, 2.75) is 11.0 Å². The van der Waals surface area contributed by atoms with Gasteiger partial charge in [0, 0.05) is 24.4 Å². The second kappa shape index (κ2) is 5.93. The summed E-state index contributed by atoms with van der Waals surface area (Å²) in [5.74, 6) is 0.293. The topological polar surface area (TPSA) is 46.6 Å². The lowest BCUT2D eigenvalue weighted by Crippen LogP contribution is -2.46. The molecule has 112 valence electrons. The first-order valence-corrected chi connectivity index (χ1v) is 8.76. The highest BCUT2D eigenvalue weighted by Gasteiger charge is 2.31. The Bertz CT molecular complexity index is 742. The van der Waals surface area contributed by atoms with Crippen LogP contribution in [0.3, 0.4) is 0 Å². The number of fused-ring (bicyclic) bond motifs is 1. The molecule has 0 amide bonds. The van der Waals surface area contributed by atoms with Crippen molar-refractivity contribution in [1.82, 2.24) is 4.31 Å². The summed E-state index contributed by atoms with van der Waals surface area (Å²) in [4.78, 5) is 0.343. The summed E-state index contributed by atoms with van der Waals surface area (Å²) in [7, 11) is -3.54. The molecule has 21 heavy (non-hydrogen) atoms. The molecule has 1 aliphatic rings. The number of morpholine rings is 1. The fourth-order valence-electron chi connectivity index (χ4n) is 2.56. The number of ether oxygens (including phenoxy) is 1. The Balaban J connectivity index is 2.04. The molecule has 0 aromatic heterocycles. The Morgan fingerprint density at radius 3 is 2.76 bits per heavy atom. The van der Waals surface area contributed by atoms with Gasteiger partial charge >= 0.3 is 0 Å². The van der Waals surface area contributed by atoms with Crippen molar-refractivity contribution in [2.75, 3.05) is 25.6 Å². The van der Waals surface area contributed by atoms with E-state index in [4.69, 9.17) is 16.3 Å². The minimum absolute atomic E-state index is 0.245. The van der Waals surface area contributed by atoms with E-state index in [0.717, 1.165) is 10.8 Å². The number of alkyl halides is 1. The molecular formula is C15H16ClNO3S. The van der Waals surface area contributed by atoms with E-state index in [1.165, 1.54) is 4.31 Å². The monoisotopic (exact) mass is 325 g/mol. The van der Waals surface area contributed by atoms with Crippen LogP contribution in [0.2, 0.25) is 0 Å². The van der Waals surface area contributed by atoms with Gasteiger partial charge in [0.25, 0.3) is 0 Å². The number of hydrogen-bond donors (Lipinski definition) is 0. The van der Waals surface area contributed by atoms with E-state index in [1.807, 2.05) is 30.3 Å². The molecule has 0 bridgehead atoms. The molecule has 0 N–H and O–H groups in total. The molecule has 0 saturated carbocycles. The molecule has 0 spiro atoms. The van der Waals surface area contributed by atoms with Crippen LogP contribution in [-0.4, -0.2) is 44.4 Å². The lowest BCUT2D eigenvalue weighted by Gasteiger charge is -2.31. The van der Waals surface area contributed by atoms with Crippen LogP contribution in [0.25, 0.3) is 10.8 Å². The molecule has 1 saturated heterocycles. The first kappa shape index (κ1) is 14.8. The van der Waals surface area contributed by atoms with Gasteiger partial charge in [-0.05, 0) is 11.5 Å². The maximum atomic E-state index is 12.9. The summed E-state index contributed by atoms with van der Waals surface area (Å²) < 4.78 is 32.7. The predicted molar refractivity (Wildman–Crippen MR) is 83.2 cm³/mol. The minimum atomic E-state index is -3.54. The van der Waals surface area contributed by atoms with Gasteiger partial charge in [0.1, 0.15) is 0 Å². The van der Waals surface area contributed by atoms with Crippen LogP contribution < -0.4 is 0 Å². The van der Waals surface area contributed by atoms with E-state index < -0.39 is 10.0 Å². The van der Waals surface area contributed by atoms with Gasteiger partial charge in [-0.15, -0.1) is 11.6 Å². The third-order valence-electron chi connectivity index (χ3n) is 3.64. The van der Waals surface area contributed by atoms with Crippen LogP contribution in [0.1, 0.15) is 0 Å². The maximum Gasteiger partial charge on any atom is 0.243 e. The Hall–Kier alpha value is -1.14. The fraction of sp³-hybridized carbons (Fsp3) is 0.333. The van der Waals surface area contributed by atoms with Crippen LogP contribution in [0.15, 0.2) is 47.4 Å². The van der Waals surface area contributed by atoms with Crippen molar-refractivity contribution in [3.8, 4) is 0 Å². The largest absolute Gasteiger partial charge is 0.374 e. The zero-order chi connectivity index (χ0) is 14.9. The molecule has 0 aliphatic carbocycles. The van der Waals surface area contributed by atoms with Gasteiger partial charge < -0.3 is 4.74 Å². The summed E-state index contributed by atoms with van der Waals surface area (Å²) in [5.41, 5.74) is 0. The Morgan fingerprint density at radius 2 is 1.95 bits per heavy atom. The van der Waals surface area contributed by atoms with E-state index in [1.54, 1.807) is 12.1 Å². The maximum absolute atomic E-state index is 12.9. The summed E-state index contributed by atoms with van der Waals surface area (Å²) in [6, 6.07) is 12.8. The molecule has 1 atom stereocenters. The van der Waals surface area contributed by atoms with Crippen molar-refractivity contribution in [3.63, 3.8) is 0 Å². The van der Waals surface area contributed by atoms with Crippen LogP contribution in [-0.2, 0) is 14.8 Å². The Kier molecular flexibility index (Phi) is 4.17. The van der Waals surface area contributed by atoms with Crippen molar-refractivity contribution >= 4 is 32.4 Å². The van der Waals surface area contributed by atoms with Gasteiger partial charge in [0.05, 0.1) is 17.6 Å². The highest BCUT2D eigenvalue weighted by molar-refractivity contribution is 7.89. The molecule has 1 heterocycles. The summed E-state index contributed by atoms with van der Waals surface area (Å²) in [6.07, 6.45) is -0.245. The van der Waals surface area contributed by atoms with Crippen LogP contribution >= 0.6 is 11.6 Å². The first-order valence-electron chi connectivity index (χ1n) is 6.78. The van der Waals surface area contributed by atoms with E-state index in [0.29, 0.717) is 30.5 Å². The Labute approximate surface area is 129 Å². The molecule has 2 aromatic carbocycles. The van der Waals surface area contributed by atoms with Gasteiger partial charge in [-0.25, -0.2) is 8.42 Å². The van der Waals surface area contributed by atoms with Gasteiger partial charge in [0.2, 0.25) is 10.0 Å². The molecular weight excluding hydrogens is 310 g/mol. The highest BCUT2D eigenvalue weighted by Crippen LogP contribution is 2.26. The van der Waals surface area contributed by atoms with Crippen LogP contribution in [0, 0.1) is 0 Å². The van der Waals surface area contributed by atoms with Gasteiger partial charge in [-0.2, -0.15) is 4.31 Å². The number of nitrogens with zero attached hydrogens (tertiary/aromatic N) is 1.